The third-order valence-electron chi connectivity index (χ3n) is 4.51. The summed E-state index contributed by atoms with van der Waals surface area (Å²) < 4.78 is 20.4. The van der Waals surface area contributed by atoms with Crippen LogP contribution in [0.25, 0.3) is 0 Å². The fourth-order valence-electron chi connectivity index (χ4n) is 2.71. The summed E-state index contributed by atoms with van der Waals surface area (Å²) in [4.78, 5) is 0. The summed E-state index contributed by atoms with van der Waals surface area (Å²) in [5.74, 6) is 2.57. The molecule has 184 valence electrons. The Morgan fingerprint density at radius 3 is 1.16 bits per heavy atom. The van der Waals surface area contributed by atoms with Crippen LogP contribution < -0.4 is 30.4 Å². The summed E-state index contributed by atoms with van der Waals surface area (Å²) in [5, 5.41) is 19.7. The number of aliphatic hydroxyl groups excluding tert-OH is 2. The predicted octanol–water partition coefficient (Wildman–Crippen LogP) is 3.01. The molecule has 6 N–H and O–H groups in total. The maximum atomic E-state index is 9.87. The van der Waals surface area contributed by atoms with E-state index in [0.717, 1.165) is 0 Å². The number of rotatable bonds is 8. The maximum absolute atomic E-state index is 9.87. The van der Waals surface area contributed by atoms with Crippen molar-refractivity contribution in [2.75, 3.05) is 28.4 Å². The molecule has 0 aromatic heterocycles. The molecule has 10 heteroatoms. The van der Waals surface area contributed by atoms with Crippen LogP contribution >= 0.6 is 24.8 Å². The third-order valence-corrected chi connectivity index (χ3v) is 4.51. The maximum Gasteiger partial charge on any atom is 0.124 e. The highest BCUT2D eigenvalue weighted by Crippen LogP contribution is 2.31. The first kappa shape index (κ1) is 32.2. The van der Waals surface area contributed by atoms with Crippen molar-refractivity contribution in [1.29, 1.82) is 0 Å². The van der Waals surface area contributed by atoms with Crippen molar-refractivity contribution in [2.24, 2.45) is 11.5 Å². The number of ether oxygens (including phenoxy) is 4. The second-order valence-corrected chi connectivity index (χ2v) is 6.82. The van der Waals surface area contributed by atoms with Gasteiger partial charge in [0.1, 0.15) is 23.0 Å². The van der Waals surface area contributed by atoms with Gasteiger partial charge in [0, 0.05) is 23.2 Å². The molecule has 0 bridgehead atoms. The standard InChI is InChI=1S/2C11H17NO3.2ClH/c2*1-7(12)11(13)9-6-8(14-2)4-5-10(9)15-3;;/h2*4-7,11,13H,12H2,1-3H3;2*1H. The molecule has 0 amide bonds. The molecule has 2 aromatic carbocycles. The fraction of sp³-hybridized carbons (Fsp3) is 0.455. The number of hydrogen-bond donors (Lipinski definition) is 4. The number of halogens is 2. The van der Waals surface area contributed by atoms with Gasteiger partial charge in [0.05, 0.1) is 40.6 Å². The van der Waals surface area contributed by atoms with Crippen molar-refractivity contribution >= 4 is 24.8 Å². The quantitative estimate of drug-likeness (QED) is 0.440. The molecule has 0 aliphatic heterocycles. The SMILES string of the molecule is COc1ccc(OC)c(C(O)C(C)N)c1.COc1ccc(OC)c(C(O)C(C)N)c1.Cl.Cl. The lowest BCUT2D eigenvalue weighted by Crippen LogP contribution is -2.24. The average molecular weight is 495 g/mol. The second kappa shape index (κ2) is 15.8. The highest BCUT2D eigenvalue weighted by molar-refractivity contribution is 5.85. The van der Waals surface area contributed by atoms with Crippen LogP contribution in [-0.2, 0) is 0 Å². The second-order valence-electron chi connectivity index (χ2n) is 6.82. The fourth-order valence-corrected chi connectivity index (χ4v) is 2.71. The van der Waals surface area contributed by atoms with Gasteiger partial charge in [-0.3, -0.25) is 0 Å². The smallest absolute Gasteiger partial charge is 0.124 e. The Morgan fingerprint density at radius 2 is 0.938 bits per heavy atom. The van der Waals surface area contributed by atoms with E-state index in [4.69, 9.17) is 30.4 Å². The minimum Gasteiger partial charge on any atom is -0.497 e. The van der Waals surface area contributed by atoms with Crippen molar-refractivity contribution in [3.8, 4) is 23.0 Å². The first-order chi connectivity index (χ1) is 14.2. The van der Waals surface area contributed by atoms with Gasteiger partial charge >= 0.3 is 0 Å². The monoisotopic (exact) mass is 494 g/mol. The van der Waals surface area contributed by atoms with Crippen molar-refractivity contribution < 1.29 is 29.2 Å². The lowest BCUT2D eigenvalue weighted by molar-refractivity contribution is 0.149. The zero-order valence-corrected chi connectivity index (χ0v) is 20.9. The van der Waals surface area contributed by atoms with E-state index in [-0.39, 0.29) is 36.9 Å². The minimum absolute atomic E-state index is 0. The number of nitrogens with two attached hydrogens (primary N) is 2. The van der Waals surface area contributed by atoms with Gasteiger partial charge in [0.15, 0.2) is 0 Å². The summed E-state index contributed by atoms with van der Waals surface area (Å²) in [5.41, 5.74) is 12.6. The number of methoxy groups -OCH3 is 4. The van der Waals surface area contributed by atoms with Crippen LogP contribution in [0.2, 0.25) is 0 Å². The van der Waals surface area contributed by atoms with Crippen LogP contribution in [0, 0.1) is 0 Å². The van der Waals surface area contributed by atoms with E-state index >= 15 is 0 Å². The van der Waals surface area contributed by atoms with E-state index in [1.54, 1.807) is 78.7 Å². The van der Waals surface area contributed by atoms with Crippen LogP contribution in [0.4, 0.5) is 0 Å². The van der Waals surface area contributed by atoms with E-state index in [2.05, 4.69) is 0 Å². The third kappa shape index (κ3) is 8.90. The highest BCUT2D eigenvalue weighted by atomic mass is 35.5. The Balaban J connectivity index is 0. The molecule has 4 unspecified atom stereocenters. The zero-order chi connectivity index (χ0) is 22.8. The summed E-state index contributed by atoms with van der Waals surface area (Å²) in [6.07, 6.45) is -1.51. The van der Waals surface area contributed by atoms with Gasteiger partial charge in [0.2, 0.25) is 0 Å². The summed E-state index contributed by atoms with van der Waals surface area (Å²) in [6, 6.07) is 9.79. The van der Waals surface area contributed by atoms with Crippen LogP contribution in [0.5, 0.6) is 23.0 Å². The molecule has 0 saturated heterocycles. The first-order valence-electron chi connectivity index (χ1n) is 9.51. The zero-order valence-electron chi connectivity index (χ0n) is 19.3. The highest BCUT2D eigenvalue weighted by Gasteiger charge is 2.18. The molecule has 0 aliphatic rings. The average Bonchev–Trinajstić information content (AvgIpc) is 2.77. The van der Waals surface area contributed by atoms with Crippen molar-refractivity contribution in [1.82, 2.24) is 0 Å². The number of hydrogen-bond acceptors (Lipinski definition) is 8. The molecule has 0 heterocycles. The lowest BCUT2D eigenvalue weighted by Gasteiger charge is -2.18. The Hall–Kier alpha value is -1.94. The molecule has 8 nitrogen and oxygen atoms in total. The molecular formula is C22H36Cl2N2O6. The molecule has 0 saturated carbocycles. The Kier molecular flexibility index (Phi) is 15.9. The van der Waals surface area contributed by atoms with Gasteiger partial charge in [-0.05, 0) is 50.2 Å². The topological polar surface area (TPSA) is 129 Å². The van der Waals surface area contributed by atoms with Gasteiger partial charge in [-0.2, -0.15) is 0 Å². The Bertz CT molecular complexity index is 728. The van der Waals surface area contributed by atoms with E-state index in [9.17, 15) is 10.2 Å². The minimum atomic E-state index is -0.755. The first-order valence-corrected chi connectivity index (χ1v) is 9.51. The molecule has 0 radical (unpaired) electrons. The van der Waals surface area contributed by atoms with Gasteiger partial charge in [-0.25, -0.2) is 0 Å². The molecule has 4 atom stereocenters. The lowest BCUT2D eigenvalue weighted by atomic mass is 10.0. The van der Waals surface area contributed by atoms with Crippen molar-refractivity contribution in [3.63, 3.8) is 0 Å². The Labute approximate surface area is 202 Å². The van der Waals surface area contributed by atoms with Crippen LogP contribution in [0.3, 0.4) is 0 Å². The van der Waals surface area contributed by atoms with Crippen LogP contribution in [0.15, 0.2) is 36.4 Å². The van der Waals surface area contributed by atoms with Gasteiger partial charge < -0.3 is 40.6 Å². The molecule has 32 heavy (non-hydrogen) atoms. The molecule has 2 rings (SSSR count). The van der Waals surface area contributed by atoms with Crippen LogP contribution in [-0.4, -0.2) is 50.7 Å². The summed E-state index contributed by atoms with van der Waals surface area (Å²) >= 11 is 0. The van der Waals surface area contributed by atoms with E-state index in [1.807, 2.05) is 0 Å². The van der Waals surface area contributed by atoms with E-state index in [1.165, 1.54) is 0 Å². The van der Waals surface area contributed by atoms with Crippen LogP contribution in [0.1, 0.15) is 37.2 Å². The number of benzene rings is 2. The molecular weight excluding hydrogens is 459 g/mol. The Morgan fingerprint density at radius 1 is 0.625 bits per heavy atom. The molecule has 2 aromatic rings. The predicted molar refractivity (Wildman–Crippen MR) is 131 cm³/mol. The number of aliphatic hydroxyl groups is 2. The van der Waals surface area contributed by atoms with Crippen molar-refractivity contribution in [2.45, 2.75) is 38.1 Å². The normalized spacial score (nSPS) is 13.6. The summed E-state index contributed by atoms with van der Waals surface area (Å²) in [7, 11) is 6.26. The van der Waals surface area contributed by atoms with Gasteiger partial charge in [0.25, 0.3) is 0 Å². The molecule has 0 fully saturated rings. The van der Waals surface area contributed by atoms with Gasteiger partial charge in [-0.15, -0.1) is 24.8 Å². The summed E-state index contributed by atoms with van der Waals surface area (Å²) in [6.45, 7) is 3.48. The largest absolute Gasteiger partial charge is 0.497 e. The van der Waals surface area contributed by atoms with Gasteiger partial charge in [-0.1, -0.05) is 0 Å². The van der Waals surface area contributed by atoms with E-state index in [0.29, 0.717) is 34.1 Å². The molecule has 0 spiro atoms. The van der Waals surface area contributed by atoms with E-state index < -0.39 is 12.2 Å². The molecule has 0 aliphatic carbocycles. The van der Waals surface area contributed by atoms with Crippen molar-refractivity contribution in [3.05, 3.63) is 47.5 Å².